The lowest BCUT2D eigenvalue weighted by molar-refractivity contribution is 0.258. The van der Waals surface area contributed by atoms with Crippen molar-refractivity contribution in [3.63, 3.8) is 0 Å². The quantitative estimate of drug-likeness (QED) is 0.783. The van der Waals surface area contributed by atoms with Crippen molar-refractivity contribution in [2.24, 2.45) is 0 Å². The molecular weight excluding hydrogens is 288 g/mol. The first-order valence-corrected chi connectivity index (χ1v) is 8.76. The highest BCUT2D eigenvalue weighted by Crippen LogP contribution is 2.27. The van der Waals surface area contributed by atoms with E-state index in [0.717, 1.165) is 44.8 Å². The van der Waals surface area contributed by atoms with Gasteiger partial charge in [0.2, 0.25) is 10.0 Å². The van der Waals surface area contributed by atoms with Gasteiger partial charge in [0.15, 0.2) is 0 Å². The Morgan fingerprint density at radius 2 is 1.90 bits per heavy atom. The summed E-state index contributed by atoms with van der Waals surface area (Å²) in [5, 5.41) is 0. The number of nitrogen functional groups attached to an aromatic ring is 1. The molecule has 1 aromatic carbocycles. The van der Waals surface area contributed by atoms with Crippen molar-refractivity contribution in [3.8, 4) is 0 Å². The zero-order chi connectivity index (χ0) is 15.5. The third-order valence-electron chi connectivity index (χ3n) is 3.83. The zero-order valence-electron chi connectivity index (χ0n) is 12.7. The van der Waals surface area contributed by atoms with E-state index in [4.69, 9.17) is 5.73 Å². The summed E-state index contributed by atoms with van der Waals surface area (Å²) < 4.78 is 26.1. The van der Waals surface area contributed by atoms with Gasteiger partial charge in [0.05, 0.1) is 16.3 Å². The molecule has 6 nitrogen and oxygen atoms in total. The van der Waals surface area contributed by atoms with Gasteiger partial charge in [-0.15, -0.1) is 0 Å². The molecule has 7 heteroatoms. The minimum absolute atomic E-state index is 0.255. The molecule has 0 saturated carbocycles. The average Bonchev–Trinajstić information content (AvgIpc) is 2.49. The summed E-state index contributed by atoms with van der Waals surface area (Å²) in [4.78, 5) is 4.84. The maximum absolute atomic E-state index is 11.9. The van der Waals surface area contributed by atoms with Gasteiger partial charge in [-0.3, -0.25) is 4.90 Å². The highest BCUT2D eigenvalue weighted by atomic mass is 32.2. The number of anilines is 2. The summed E-state index contributed by atoms with van der Waals surface area (Å²) >= 11 is 0. The molecule has 1 aliphatic rings. The van der Waals surface area contributed by atoms with E-state index in [9.17, 15) is 8.42 Å². The van der Waals surface area contributed by atoms with Crippen molar-refractivity contribution in [1.82, 2.24) is 9.62 Å². The summed E-state index contributed by atoms with van der Waals surface area (Å²) in [5.74, 6) is 0. The van der Waals surface area contributed by atoms with Gasteiger partial charge >= 0.3 is 0 Å². The van der Waals surface area contributed by atoms with Crippen LogP contribution in [0.5, 0.6) is 0 Å². The molecular formula is C14H24N4O2S. The molecule has 1 aromatic rings. The van der Waals surface area contributed by atoms with Crippen molar-refractivity contribution in [2.75, 3.05) is 50.4 Å². The van der Waals surface area contributed by atoms with Gasteiger partial charge in [-0.05, 0) is 38.2 Å². The summed E-state index contributed by atoms with van der Waals surface area (Å²) in [7, 11) is -2.03. The largest absolute Gasteiger partial charge is 0.397 e. The summed E-state index contributed by atoms with van der Waals surface area (Å²) in [6, 6.07) is 4.87. The Hall–Kier alpha value is -1.31. The van der Waals surface area contributed by atoms with Crippen LogP contribution >= 0.6 is 0 Å². The Balaban J connectivity index is 2.19. The molecule has 1 fully saturated rings. The fraction of sp³-hybridized carbons (Fsp3) is 0.571. The Labute approximate surface area is 127 Å². The molecule has 0 radical (unpaired) electrons. The maximum atomic E-state index is 11.9. The SMILES string of the molecule is CCCN1CCN(c2cc(S(=O)(=O)NC)ccc2N)CC1. The van der Waals surface area contributed by atoms with Crippen LogP contribution in [0.15, 0.2) is 23.1 Å². The van der Waals surface area contributed by atoms with E-state index in [-0.39, 0.29) is 4.90 Å². The van der Waals surface area contributed by atoms with Crippen LogP contribution in [0.1, 0.15) is 13.3 Å². The van der Waals surface area contributed by atoms with E-state index in [1.54, 1.807) is 12.1 Å². The van der Waals surface area contributed by atoms with E-state index in [2.05, 4.69) is 21.4 Å². The zero-order valence-corrected chi connectivity index (χ0v) is 13.5. The molecule has 21 heavy (non-hydrogen) atoms. The minimum Gasteiger partial charge on any atom is -0.397 e. The Bertz CT molecular complexity index is 581. The van der Waals surface area contributed by atoms with Crippen LogP contribution in [0.2, 0.25) is 0 Å². The lowest BCUT2D eigenvalue weighted by Crippen LogP contribution is -2.46. The molecule has 0 spiro atoms. The number of nitrogens with two attached hydrogens (primary N) is 1. The molecule has 3 N–H and O–H groups in total. The number of nitrogens with one attached hydrogen (secondary N) is 1. The number of nitrogens with zero attached hydrogens (tertiary/aromatic N) is 2. The second-order valence-corrected chi connectivity index (χ2v) is 7.14. The number of sulfonamides is 1. The van der Waals surface area contributed by atoms with Crippen molar-refractivity contribution in [3.05, 3.63) is 18.2 Å². The van der Waals surface area contributed by atoms with E-state index in [1.165, 1.54) is 13.1 Å². The number of benzene rings is 1. The molecule has 1 aliphatic heterocycles. The van der Waals surface area contributed by atoms with Crippen LogP contribution in [0, 0.1) is 0 Å². The number of piperazine rings is 1. The van der Waals surface area contributed by atoms with Gasteiger partial charge < -0.3 is 10.6 Å². The van der Waals surface area contributed by atoms with E-state index in [1.807, 2.05) is 0 Å². The normalized spacial score (nSPS) is 17.1. The van der Waals surface area contributed by atoms with Crippen LogP contribution in [0.25, 0.3) is 0 Å². The molecule has 118 valence electrons. The number of hydrogen-bond acceptors (Lipinski definition) is 5. The Kier molecular flexibility index (Phi) is 5.08. The fourth-order valence-corrected chi connectivity index (χ4v) is 3.36. The summed E-state index contributed by atoms with van der Waals surface area (Å²) in [6.45, 7) is 6.99. The molecule has 1 saturated heterocycles. The smallest absolute Gasteiger partial charge is 0.240 e. The van der Waals surface area contributed by atoms with Crippen LogP contribution in [-0.2, 0) is 10.0 Å². The fourth-order valence-electron chi connectivity index (χ4n) is 2.61. The molecule has 0 bridgehead atoms. The molecule has 0 aromatic heterocycles. The van der Waals surface area contributed by atoms with E-state index in [0.29, 0.717) is 5.69 Å². The summed E-state index contributed by atoms with van der Waals surface area (Å²) in [5.41, 5.74) is 7.46. The number of rotatable bonds is 5. The second kappa shape index (κ2) is 6.64. The third-order valence-corrected chi connectivity index (χ3v) is 5.25. The molecule has 0 amide bonds. The van der Waals surface area contributed by atoms with Crippen molar-refractivity contribution in [2.45, 2.75) is 18.2 Å². The Morgan fingerprint density at radius 1 is 1.24 bits per heavy atom. The monoisotopic (exact) mass is 312 g/mol. The van der Waals surface area contributed by atoms with Crippen LogP contribution in [-0.4, -0.2) is 53.1 Å². The van der Waals surface area contributed by atoms with Gasteiger partial charge in [0.1, 0.15) is 0 Å². The standard InChI is InChI=1S/C14H24N4O2S/c1-3-6-17-7-9-18(10-8-17)14-11-12(4-5-13(14)15)21(19,20)16-2/h4-5,11,16H,3,6-10,15H2,1-2H3. The molecule has 0 aliphatic carbocycles. The van der Waals surface area contributed by atoms with Crippen LogP contribution < -0.4 is 15.4 Å². The van der Waals surface area contributed by atoms with Gasteiger partial charge in [-0.1, -0.05) is 6.92 Å². The van der Waals surface area contributed by atoms with Crippen molar-refractivity contribution < 1.29 is 8.42 Å². The molecule has 1 heterocycles. The minimum atomic E-state index is -3.44. The Morgan fingerprint density at radius 3 is 2.48 bits per heavy atom. The lowest BCUT2D eigenvalue weighted by atomic mass is 10.2. The molecule has 0 unspecified atom stereocenters. The molecule has 2 rings (SSSR count). The van der Waals surface area contributed by atoms with E-state index >= 15 is 0 Å². The topological polar surface area (TPSA) is 78.7 Å². The predicted molar refractivity (Wildman–Crippen MR) is 86.0 cm³/mol. The van der Waals surface area contributed by atoms with Gasteiger partial charge in [0.25, 0.3) is 0 Å². The van der Waals surface area contributed by atoms with Crippen LogP contribution in [0.3, 0.4) is 0 Å². The van der Waals surface area contributed by atoms with Gasteiger partial charge in [0, 0.05) is 26.2 Å². The van der Waals surface area contributed by atoms with Gasteiger partial charge in [-0.2, -0.15) is 0 Å². The lowest BCUT2D eigenvalue weighted by Gasteiger charge is -2.36. The first-order valence-electron chi connectivity index (χ1n) is 7.28. The highest BCUT2D eigenvalue weighted by Gasteiger charge is 2.20. The third kappa shape index (κ3) is 3.66. The number of hydrogen-bond donors (Lipinski definition) is 2. The first kappa shape index (κ1) is 16.1. The highest BCUT2D eigenvalue weighted by molar-refractivity contribution is 7.89. The molecule has 0 atom stereocenters. The van der Waals surface area contributed by atoms with Gasteiger partial charge in [-0.25, -0.2) is 13.1 Å². The van der Waals surface area contributed by atoms with E-state index < -0.39 is 10.0 Å². The maximum Gasteiger partial charge on any atom is 0.240 e. The van der Waals surface area contributed by atoms with Crippen molar-refractivity contribution >= 4 is 21.4 Å². The first-order chi connectivity index (χ1) is 9.97. The average molecular weight is 312 g/mol. The second-order valence-electron chi connectivity index (χ2n) is 5.26. The summed E-state index contributed by atoms with van der Waals surface area (Å²) in [6.07, 6.45) is 1.15. The predicted octanol–water partition coefficient (Wildman–Crippen LogP) is 0.709. The van der Waals surface area contributed by atoms with Crippen molar-refractivity contribution in [1.29, 1.82) is 0 Å². The van der Waals surface area contributed by atoms with Crippen LogP contribution in [0.4, 0.5) is 11.4 Å².